The molecule has 3 aromatic rings. The van der Waals surface area contributed by atoms with E-state index in [1.165, 1.54) is 11.6 Å². The molecule has 0 atom stereocenters. The fraction of sp³-hybridized carbons (Fsp3) is 0.448. The van der Waals surface area contributed by atoms with Gasteiger partial charge in [0, 0.05) is 42.4 Å². The number of hydrogen-bond donors (Lipinski definition) is 1. The minimum Gasteiger partial charge on any atom is -0.512 e. The second kappa shape index (κ2) is 11.0. The number of fused-ring (bicyclic) bond motifs is 1. The van der Waals surface area contributed by atoms with Crippen LogP contribution in [0.1, 0.15) is 73.4 Å². The van der Waals surface area contributed by atoms with Gasteiger partial charge in [0.2, 0.25) is 5.71 Å². The fourth-order valence-corrected chi connectivity index (χ4v) is 2.84. The van der Waals surface area contributed by atoms with Gasteiger partial charge in [-0.15, -0.1) is 34.9 Å². The Labute approximate surface area is 218 Å². The Morgan fingerprint density at radius 3 is 2.12 bits per heavy atom. The van der Waals surface area contributed by atoms with Crippen LogP contribution in [0.25, 0.3) is 22.4 Å². The molecule has 0 unspecified atom stereocenters. The molecule has 0 bridgehead atoms. The molecule has 34 heavy (non-hydrogen) atoms. The van der Waals surface area contributed by atoms with E-state index in [9.17, 15) is 9.90 Å². The van der Waals surface area contributed by atoms with E-state index in [-0.39, 0.29) is 42.5 Å². The van der Waals surface area contributed by atoms with Crippen LogP contribution in [-0.2, 0) is 30.3 Å². The van der Waals surface area contributed by atoms with Gasteiger partial charge in [-0.1, -0.05) is 81.4 Å². The van der Waals surface area contributed by atoms with Crippen LogP contribution in [0.2, 0.25) is 0 Å². The van der Waals surface area contributed by atoms with E-state index in [0.29, 0.717) is 5.71 Å². The molecule has 2 aromatic heterocycles. The number of ketones is 1. The van der Waals surface area contributed by atoms with Crippen LogP contribution in [0.3, 0.4) is 0 Å². The largest absolute Gasteiger partial charge is 0.512 e. The van der Waals surface area contributed by atoms with Crippen molar-refractivity contribution in [2.24, 2.45) is 10.8 Å². The van der Waals surface area contributed by atoms with Crippen molar-refractivity contribution in [1.29, 1.82) is 0 Å². The summed E-state index contributed by atoms with van der Waals surface area (Å²) >= 11 is 0. The van der Waals surface area contributed by atoms with Gasteiger partial charge in [0.05, 0.1) is 6.26 Å². The number of rotatable bonds is 2. The Kier molecular flexibility index (Phi) is 9.65. The maximum atomic E-state index is 11.5. The summed E-state index contributed by atoms with van der Waals surface area (Å²) in [4.78, 5) is 16.1. The normalized spacial score (nSPS) is 12.6. The van der Waals surface area contributed by atoms with E-state index in [1.54, 1.807) is 6.26 Å². The minimum absolute atomic E-state index is 0. The van der Waals surface area contributed by atoms with Crippen molar-refractivity contribution >= 4 is 16.9 Å². The predicted molar refractivity (Wildman–Crippen MR) is 136 cm³/mol. The van der Waals surface area contributed by atoms with Crippen molar-refractivity contribution in [3.8, 4) is 11.3 Å². The summed E-state index contributed by atoms with van der Waals surface area (Å²) < 4.78 is 5.38. The number of hydrogen-bond acceptors (Lipinski definition) is 4. The Hall–Kier alpha value is -2.23. The number of aliphatic hydroxyl groups excluding tert-OH is 1. The third-order valence-corrected chi connectivity index (χ3v) is 5.24. The van der Waals surface area contributed by atoms with Gasteiger partial charge >= 0.3 is 0 Å². The van der Waals surface area contributed by atoms with Crippen LogP contribution >= 0.6 is 0 Å². The van der Waals surface area contributed by atoms with Gasteiger partial charge in [-0.3, -0.25) is 9.78 Å². The number of pyridine rings is 1. The zero-order valence-electron chi connectivity index (χ0n) is 22.1. The van der Waals surface area contributed by atoms with Gasteiger partial charge in [0.15, 0.2) is 5.78 Å². The molecule has 187 valence electrons. The van der Waals surface area contributed by atoms with Gasteiger partial charge in [0.1, 0.15) is 5.76 Å². The summed E-state index contributed by atoms with van der Waals surface area (Å²) in [5.41, 5.74) is 4.38. The van der Waals surface area contributed by atoms with Crippen molar-refractivity contribution in [3.63, 3.8) is 0 Å². The molecular formula is C29H38IrNO3-. The summed E-state index contributed by atoms with van der Waals surface area (Å²) in [6, 6.07) is 13.7. The van der Waals surface area contributed by atoms with Crippen LogP contribution in [0.15, 0.2) is 52.8 Å². The number of nitrogens with zero attached hydrogens (tertiary/aromatic N) is 1. The first-order chi connectivity index (χ1) is 15.0. The molecule has 1 N–H and O–H groups in total. The SMILES string of the molecule is CC(C)(C)C(=O)/C=C(\O)C(C)(C)C.Cc1[c-]c(-c2ccc3ccoc3n2)cc(C(C)(C)C)c1.[Ir]. The number of furan rings is 1. The van der Waals surface area contributed by atoms with Gasteiger partial charge in [0.25, 0.3) is 0 Å². The van der Waals surface area contributed by atoms with Crippen molar-refractivity contribution in [2.45, 2.75) is 74.7 Å². The van der Waals surface area contributed by atoms with Crippen LogP contribution in [0, 0.1) is 23.8 Å². The van der Waals surface area contributed by atoms with Crippen molar-refractivity contribution in [1.82, 2.24) is 4.98 Å². The van der Waals surface area contributed by atoms with Crippen molar-refractivity contribution < 1.29 is 34.4 Å². The molecule has 4 nitrogen and oxygen atoms in total. The zero-order chi connectivity index (χ0) is 25.2. The topological polar surface area (TPSA) is 63.3 Å². The summed E-state index contributed by atoms with van der Waals surface area (Å²) in [6.45, 7) is 19.8. The molecular weight excluding hydrogens is 603 g/mol. The smallest absolute Gasteiger partial charge is 0.216 e. The molecule has 1 aromatic carbocycles. The summed E-state index contributed by atoms with van der Waals surface area (Å²) in [7, 11) is 0. The predicted octanol–water partition coefficient (Wildman–Crippen LogP) is 7.99. The minimum atomic E-state index is -0.417. The quantitative estimate of drug-likeness (QED) is 0.175. The molecule has 0 aliphatic carbocycles. The molecule has 0 aliphatic heterocycles. The molecule has 0 spiro atoms. The van der Waals surface area contributed by atoms with E-state index in [1.807, 2.05) is 59.7 Å². The van der Waals surface area contributed by atoms with Gasteiger partial charge < -0.3 is 9.52 Å². The number of benzene rings is 1. The fourth-order valence-electron chi connectivity index (χ4n) is 2.84. The number of aliphatic hydroxyl groups is 1. The summed E-state index contributed by atoms with van der Waals surface area (Å²) in [5, 5.41) is 10.6. The van der Waals surface area contributed by atoms with Crippen LogP contribution < -0.4 is 0 Å². The maximum absolute atomic E-state index is 11.5. The molecule has 2 heterocycles. The number of carbonyl (C=O) groups is 1. The number of aryl methyl sites for hydroxylation is 1. The molecule has 0 amide bonds. The van der Waals surface area contributed by atoms with E-state index in [0.717, 1.165) is 22.2 Å². The number of allylic oxidation sites excluding steroid dienone is 2. The molecule has 0 saturated heterocycles. The Balaban J connectivity index is 0.000000364. The molecule has 5 heteroatoms. The standard InChI is InChI=1S/C18H18NO.C11H20O2.Ir/c1-12-9-14(11-15(10-12)18(2,3)4)16-6-5-13-7-8-20-17(13)19-16;1-10(2,3)8(12)7-9(13)11(4,5)6;/h5-8,10-11H,1-4H3;7,12H,1-6H3;/q-1;;/b;8-7-;. The molecule has 0 aliphatic rings. The molecule has 1 radical (unpaired) electrons. The number of aromatic nitrogens is 1. The monoisotopic (exact) mass is 641 g/mol. The Morgan fingerprint density at radius 1 is 0.971 bits per heavy atom. The van der Waals surface area contributed by atoms with E-state index < -0.39 is 5.41 Å². The van der Waals surface area contributed by atoms with E-state index in [4.69, 9.17) is 4.42 Å². The average molecular weight is 641 g/mol. The Bertz CT molecular complexity index is 1150. The average Bonchev–Trinajstić information content (AvgIpc) is 3.13. The van der Waals surface area contributed by atoms with Crippen LogP contribution in [0.4, 0.5) is 0 Å². The van der Waals surface area contributed by atoms with Crippen molar-refractivity contribution in [2.75, 3.05) is 0 Å². The number of carbonyl (C=O) groups excluding carboxylic acids is 1. The first kappa shape index (κ1) is 29.8. The first-order valence-corrected chi connectivity index (χ1v) is 11.3. The van der Waals surface area contributed by atoms with E-state index >= 15 is 0 Å². The van der Waals surface area contributed by atoms with Crippen molar-refractivity contribution in [3.05, 3.63) is 65.6 Å². The van der Waals surface area contributed by atoms with E-state index in [2.05, 4.69) is 50.9 Å². The third kappa shape index (κ3) is 8.21. The maximum Gasteiger partial charge on any atom is 0.216 e. The van der Waals surface area contributed by atoms with Crippen LogP contribution in [0.5, 0.6) is 0 Å². The third-order valence-electron chi connectivity index (χ3n) is 5.24. The molecule has 3 rings (SSSR count). The van der Waals surface area contributed by atoms with Gasteiger partial charge in [-0.2, -0.15) is 0 Å². The molecule has 0 saturated carbocycles. The summed E-state index contributed by atoms with van der Waals surface area (Å²) in [5.74, 6) is 0.104. The zero-order valence-corrected chi connectivity index (χ0v) is 24.5. The van der Waals surface area contributed by atoms with Gasteiger partial charge in [-0.05, 0) is 17.2 Å². The molecule has 0 fully saturated rings. The second-order valence-corrected chi connectivity index (χ2v) is 11.6. The first-order valence-electron chi connectivity index (χ1n) is 11.3. The second-order valence-electron chi connectivity index (χ2n) is 11.6. The van der Waals surface area contributed by atoms with Crippen LogP contribution in [-0.4, -0.2) is 15.9 Å². The summed E-state index contributed by atoms with van der Waals surface area (Å²) in [6.07, 6.45) is 3.00. The van der Waals surface area contributed by atoms with Gasteiger partial charge in [-0.25, -0.2) is 0 Å². The Morgan fingerprint density at radius 2 is 1.59 bits per heavy atom.